The van der Waals surface area contributed by atoms with E-state index in [4.69, 9.17) is 16.3 Å². The van der Waals surface area contributed by atoms with Crippen LogP contribution in [0.25, 0.3) is 0 Å². The number of aryl methyl sites for hydroxylation is 1. The minimum absolute atomic E-state index is 0.598. The molecule has 0 radical (unpaired) electrons. The van der Waals surface area contributed by atoms with E-state index < -0.39 is 0 Å². The summed E-state index contributed by atoms with van der Waals surface area (Å²) >= 11 is 9.49. The quantitative estimate of drug-likeness (QED) is 0.807. The highest BCUT2D eigenvalue weighted by atomic mass is 79.9. The van der Waals surface area contributed by atoms with Crippen molar-refractivity contribution in [3.05, 3.63) is 41.2 Å². The third-order valence-corrected chi connectivity index (χ3v) is 3.00. The maximum Gasteiger partial charge on any atom is 0.165 e. The van der Waals surface area contributed by atoms with Gasteiger partial charge in [0.25, 0.3) is 0 Å². The molecule has 84 valence electrons. The smallest absolute Gasteiger partial charge is 0.165 e. The zero-order valence-corrected chi connectivity index (χ0v) is 11.0. The van der Waals surface area contributed by atoms with Crippen LogP contribution in [0, 0.1) is 0 Å². The van der Waals surface area contributed by atoms with E-state index >= 15 is 0 Å². The van der Waals surface area contributed by atoms with E-state index in [9.17, 15) is 0 Å². The molecule has 16 heavy (non-hydrogen) atoms. The maximum absolute atomic E-state index is 6.09. The summed E-state index contributed by atoms with van der Waals surface area (Å²) in [5.41, 5.74) is 1.01. The van der Waals surface area contributed by atoms with Crippen molar-refractivity contribution < 1.29 is 4.74 Å². The van der Waals surface area contributed by atoms with Gasteiger partial charge in [-0.1, -0.05) is 39.7 Å². The minimum atomic E-state index is 0.598. The van der Waals surface area contributed by atoms with Gasteiger partial charge in [0.1, 0.15) is 5.75 Å². The summed E-state index contributed by atoms with van der Waals surface area (Å²) in [6.45, 7) is 0. The molecular weight excluding hydrogens is 291 g/mol. The highest BCUT2D eigenvalue weighted by Crippen LogP contribution is 2.33. The number of alkyl halides is 1. The standard InChI is InChI=1S/C11H10BrClN2O/c1-15-7-9(6-14-15)16-11-8(5-12)3-2-4-10(11)13/h2-4,6-7H,5H2,1H3. The molecule has 1 heterocycles. The number of aromatic nitrogens is 2. The zero-order chi connectivity index (χ0) is 11.5. The molecule has 1 aromatic heterocycles. The predicted molar refractivity (Wildman–Crippen MR) is 67.4 cm³/mol. The molecule has 0 N–H and O–H groups in total. The second-order valence-corrected chi connectivity index (χ2v) is 4.28. The van der Waals surface area contributed by atoms with Gasteiger partial charge in [-0.25, -0.2) is 0 Å². The second kappa shape index (κ2) is 4.89. The van der Waals surface area contributed by atoms with Crippen LogP contribution in [0.15, 0.2) is 30.6 Å². The van der Waals surface area contributed by atoms with Crippen LogP contribution in [-0.4, -0.2) is 9.78 Å². The molecule has 0 bridgehead atoms. The number of hydrogen-bond donors (Lipinski definition) is 0. The van der Waals surface area contributed by atoms with Gasteiger partial charge in [0.2, 0.25) is 0 Å². The van der Waals surface area contributed by atoms with Crippen molar-refractivity contribution in [2.24, 2.45) is 7.05 Å². The fraction of sp³-hybridized carbons (Fsp3) is 0.182. The molecule has 0 saturated carbocycles. The first-order valence-corrected chi connectivity index (χ1v) is 6.20. The Morgan fingerprint density at radius 2 is 2.31 bits per heavy atom. The van der Waals surface area contributed by atoms with Crippen LogP contribution in [0.5, 0.6) is 11.5 Å². The Hall–Kier alpha value is -1.00. The molecule has 0 atom stereocenters. The van der Waals surface area contributed by atoms with Crippen molar-refractivity contribution in [3.63, 3.8) is 0 Å². The van der Waals surface area contributed by atoms with Gasteiger partial charge in [0.05, 0.1) is 17.4 Å². The monoisotopic (exact) mass is 300 g/mol. The Labute approximate surface area is 107 Å². The topological polar surface area (TPSA) is 27.1 Å². The molecule has 5 heteroatoms. The van der Waals surface area contributed by atoms with E-state index in [1.54, 1.807) is 23.1 Å². The van der Waals surface area contributed by atoms with E-state index in [0.29, 0.717) is 21.9 Å². The highest BCUT2D eigenvalue weighted by molar-refractivity contribution is 9.08. The minimum Gasteiger partial charge on any atom is -0.452 e. The summed E-state index contributed by atoms with van der Waals surface area (Å²) in [6.07, 6.45) is 3.45. The summed E-state index contributed by atoms with van der Waals surface area (Å²) in [5.74, 6) is 1.35. The zero-order valence-electron chi connectivity index (χ0n) is 8.65. The molecule has 2 aromatic rings. The van der Waals surface area contributed by atoms with Gasteiger partial charge in [-0.15, -0.1) is 0 Å². The van der Waals surface area contributed by atoms with Crippen molar-refractivity contribution in [1.82, 2.24) is 9.78 Å². The van der Waals surface area contributed by atoms with Crippen LogP contribution < -0.4 is 4.74 Å². The lowest BCUT2D eigenvalue weighted by Crippen LogP contribution is -1.89. The predicted octanol–water partition coefficient (Wildman–Crippen LogP) is 3.76. The van der Waals surface area contributed by atoms with E-state index in [1.807, 2.05) is 19.2 Å². The molecule has 0 amide bonds. The average Bonchev–Trinajstić information content (AvgIpc) is 2.67. The Kier molecular flexibility index (Phi) is 3.51. The number of hydrogen-bond acceptors (Lipinski definition) is 2. The van der Waals surface area contributed by atoms with Gasteiger partial charge < -0.3 is 4.74 Å². The molecule has 0 aliphatic rings. The van der Waals surface area contributed by atoms with Gasteiger partial charge in [-0.05, 0) is 6.07 Å². The molecule has 0 spiro atoms. The number of ether oxygens (including phenoxy) is 1. The van der Waals surface area contributed by atoms with E-state index in [1.165, 1.54) is 0 Å². The molecule has 0 aliphatic heterocycles. The van der Waals surface area contributed by atoms with Crippen LogP contribution in [0.1, 0.15) is 5.56 Å². The number of rotatable bonds is 3. The van der Waals surface area contributed by atoms with Gasteiger partial charge >= 0.3 is 0 Å². The van der Waals surface area contributed by atoms with Crippen LogP contribution in [0.2, 0.25) is 5.02 Å². The fourth-order valence-electron chi connectivity index (χ4n) is 1.34. The first-order chi connectivity index (χ1) is 7.70. The molecule has 2 rings (SSSR count). The Morgan fingerprint density at radius 3 is 2.94 bits per heavy atom. The Morgan fingerprint density at radius 1 is 1.50 bits per heavy atom. The largest absolute Gasteiger partial charge is 0.452 e. The summed E-state index contributed by atoms with van der Waals surface area (Å²) in [5, 5.41) is 5.33. The Balaban J connectivity index is 2.33. The Bertz CT molecular complexity index is 498. The van der Waals surface area contributed by atoms with Gasteiger partial charge in [0.15, 0.2) is 5.75 Å². The molecular formula is C11H10BrClN2O. The van der Waals surface area contributed by atoms with Crippen molar-refractivity contribution in [2.45, 2.75) is 5.33 Å². The third kappa shape index (κ3) is 2.39. The van der Waals surface area contributed by atoms with Crippen molar-refractivity contribution in [1.29, 1.82) is 0 Å². The molecule has 3 nitrogen and oxygen atoms in total. The van der Waals surface area contributed by atoms with Gasteiger partial charge in [-0.3, -0.25) is 4.68 Å². The van der Waals surface area contributed by atoms with Crippen LogP contribution in [0.4, 0.5) is 0 Å². The normalized spacial score (nSPS) is 10.4. The van der Waals surface area contributed by atoms with Crippen LogP contribution in [0.3, 0.4) is 0 Å². The first kappa shape index (κ1) is 11.5. The SMILES string of the molecule is Cn1cc(Oc2c(Cl)cccc2CBr)cn1. The number of nitrogens with zero attached hydrogens (tertiary/aromatic N) is 2. The second-order valence-electron chi connectivity index (χ2n) is 3.31. The van der Waals surface area contributed by atoms with E-state index in [-0.39, 0.29) is 0 Å². The molecule has 0 unspecified atom stereocenters. The highest BCUT2D eigenvalue weighted by Gasteiger charge is 2.09. The fourth-order valence-corrected chi connectivity index (χ4v) is 2.02. The van der Waals surface area contributed by atoms with E-state index in [0.717, 1.165) is 5.56 Å². The molecule has 1 aromatic carbocycles. The number of para-hydroxylation sites is 1. The molecule has 0 saturated heterocycles. The number of benzene rings is 1. The average molecular weight is 302 g/mol. The molecule has 0 fully saturated rings. The van der Waals surface area contributed by atoms with Gasteiger partial charge in [0, 0.05) is 17.9 Å². The lowest BCUT2D eigenvalue weighted by molar-refractivity contribution is 0.478. The first-order valence-electron chi connectivity index (χ1n) is 4.70. The number of halogens is 2. The van der Waals surface area contributed by atoms with Crippen LogP contribution >= 0.6 is 27.5 Å². The van der Waals surface area contributed by atoms with Crippen molar-refractivity contribution >= 4 is 27.5 Å². The summed E-state index contributed by atoms with van der Waals surface area (Å²) in [7, 11) is 1.84. The van der Waals surface area contributed by atoms with E-state index in [2.05, 4.69) is 21.0 Å². The van der Waals surface area contributed by atoms with Crippen molar-refractivity contribution in [3.8, 4) is 11.5 Å². The lowest BCUT2D eigenvalue weighted by atomic mass is 10.2. The summed E-state index contributed by atoms with van der Waals surface area (Å²) in [6, 6.07) is 5.67. The lowest BCUT2D eigenvalue weighted by Gasteiger charge is -2.09. The summed E-state index contributed by atoms with van der Waals surface area (Å²) < 4.78 is 7.39. The third-order valence-electron chi connectivity index (χ3n) is 2.09. The van der Waals surface area contributed by atoms with Crippen molar-refractivity contribution in [2.75, 3.05) is 0 Å². The summed E-state index contributed by atoms with van der Waals surface area (Å²) in [4.78, 5) is 0. The van der Waals surface area contributed by atoms with Gasteiger partial charge in [-0.2, -0.15) is 5.10 Å². The molecule has 0 aliphatic carbocycles. The maximum atomic E-state index is 6.09. The van der Waals surface area contributed by atoms with Crippen LogP contribution in [-0.2, 0) is 12.4 Å².